The van der Waals surface area contributed by atoms with Crippen molar-refractivity contribution >= 4 is 23.7 Å². The minimum atomic E-state index is -0.970. The molecule has 3 aromatic rings. The van der Waals surface area contributed by atoms with Crippen molar-refractivity contribution < 1.29 is 28.2 Å². The molecule has 0 fully saturated rings. The van der Waals surface area contributed by atoms with E-state index >= 15 is 0 Å². The highest BCUT2D eigenvalue weighted by molar-refractivity contribution is 5.92. The Hall–Kier alpha value is -4.71. The number of benzene rings is 3. The molecule has 0 spiro atoms. The first kappa shape index (κ1) is 26.9. The Morgan fingerprint density at radius 2 is 1.57 bits per heavy atom. The van der Waals surface area contributed by atoms with Crippen molar-refractivity contribution in [3.05, 3.63) is 101 Å². The second-order valence-electron chi connectivity index (χ2n) is 8.19. The highest BCUT2D eigenvalue weighted by Gasteiger charge is 2.29. The fourth-order valence-corrected chi connectivity index (χ4v) is 3.47. The largest absolute Gasteiger partial charge is 0.449 e. The van der Waals surface area contributed by atoms with E-state index in [1.54, 1.807) is 42.5 Å². The van der Waals surface area contributed by atoms with Gasteiger partial charge in [0.1, 0.15) is 24.5 Å². The normalized spacial score (nSPS) is 11.1. The van der Waals surface area contributed by atoms with Gasteiger partial charge in [-0.25, -0.2) is 14.0 Å². The van der Waals surface area contributed by atoms with Gasteiger partial charge in [0.25, 0.3) is 0 Å². The van der Waals surface area contributed by atoms with Crippen LogP contribution in [0.1, 0.15) is 16.7 Å². The second kappa shape index (κ2) is 13.4. The van der Waals surface area contributed by atoms with Gasteiger partial charge in [0.05, 0.1) is 6.42 Å². The van der Waals surface area contributed by atoms with Crippen LogP contribution in [0.25, 0.3) is 0 Å². The third-order valence-electron chi connectivity index (χ3n) is 5.46. The number of nitriles is 1. The number of halogens is 1. The number of nitrogens with one attached hydrogen (secondary N) is 1. The summed E-state index contributed by atoms with van der Waals surface area (Å²) < 4.78 is 23.3. The summed E-state index contributed by atoms with van der Waals surface area (Å²) in [6.07, 6.45) is -0.429. The van der Waals surface area contributed by atoms with Gasteiger partial charge in [0, 0.05) is 19.2 Å². The molecule has 3 rings (SSSR count). The molecule has 0 heterocycles. The fourth-order valence-electron chi connectivity index (χ4n) is 3.47. The Kier molecular flexibility index (Phi) is 9.74. The molecule has 9 heteroatoms. The molecule has 0 radical (unpaired) electrons. The van der Waals surface area contributed by atoms with Crippen LogP contribution in [0.2, 0.25) is 0 Å². The maximum absolute atomic E-state index is 13.0. The van der Waals surface area contributed by atoms with Crippen LogP contribution in [0.15, 0.2) is 78.9 Å². The zero-order valence-corrected chi connectivity index (χ0v) is 20.2. The van der Waals surface area contributed by atoms with Gasteiger partial charge in [-0.1, -0.05) is 54.6 Å². The van der Waals surface area contributed by atoms with E-state index in [2.05, 4.69) is 5.32 Å². The minimum Gasteiger partial charge on any atom is -0.449 e. The van der Waals surface area contributed by atoms with Gasteiger partial charge in [-0.2, -0.15) is 5.26 Å². The SMILES string of the molecule is CN(C(=O)OCc1ccc(NC(=O)Cc2ccc(F)cc2)cc1)[C@@H](Cc1ccccc1)C(=O)OCC#N. The second-order valence-corrected chi connectivity index (χ2v) is 8.19. The van der Waals surface area contributed by atoms with E-state index in [0.717, 1.165) is 10.5 Å². The number of likely N-dealkylation sites (N-methyl/N-ethyl adjacent to an activating group) is 1. The monoisotopic (exact) mass is 503 g/mol. The lowest BCUT2D eigenvalue weighted by Gasteiger charge is -2.25. The molecule has 0 bridgehead atoms. The van der Waals surface area contributed by atoms with Gasteiger partial charge in [-0.05, 0) is 41.0 Å². The Balaban J connectivity index is 1.54. The fraction of sp³-hybridized carbons (Fsp3) is 0.214. The van der Waals surface area contributed by atoms with Crippen molar-refractivity contribution in [2.45, 2.75) is 25.5 Å². The summed E-state index contributed by atoms with van der Waals surface area (Å²) in [6, 6.07) is 22.3. The number of carbonyl (C=O) groups is 3. The van der Waals surface area contributed by atoms with Crippen LogP contribution in [0, 0.1) is 17.1 Å². The van der Waals surface area contributed by atoms with Crippen molar-refractivity contribution in [2.24, 2.45) is 0 Å². The number of rotatable bonds is 10. The molecule has 190 valence electrons. The number of hydrogen-bond donors (Lipinski definition) is 1. The maximum atomic E-state index is 13.0. The van der Waals surface area contributed by atoms with Gasteiger partial charge >= 0.3 is 12.1 Å². The standard InChI is InChI=1S/C28H26FN3O5/c1-32(25(27(34)36-16-15-30)17-20-5-3-2-4-6-20)28(35)37-19-22-9-13-24(14-10-22)31-26(33)18-21-7-11-23(29)12-8-21/h2-14,25H,16-19H2,1H3,(H,31,33)/t25-/m0/s1. The summed E-state index contributed by atoms with van der Waals surface area (Å²) >= 11 is 0. The molecule has 0 aliphatic heterocycles. The maximum Gasteiger partial charge on any atom is 0.410 e. The number of anilines is 1. The summed E-state index contributed by atoms with van der Waals surface area (Å²) in [5.74, 6) is -1.32. The van der Waals surface area contributed by atoms with Crippen LogP contribution < -0.4 is 5.32 Å². The van der Waals surface area contributed by atoms with E-state index in [4.69, 9.17) is 14.7 Å². The van der Waals surface area contributed by atoms with E-state index in [-0.39, 0.29) is 31.2 Å². The number of ether oxygens (including phenoxy) is 2. The molecular formula is C28H26FN3O5. The lowest BCUT2D eigenvalue weighted by Crippen LogP contribution is -2.45. The zero-order chi connectivity index (χ0) is 26.6. The number of nitrogens with zero attached hydrogens (tertiary/aromatic N) is 2. The highest BCUT2D eigenvalue weighted by Crippen LogP contribution is 2.15. The van der Waals surface area contributed by atoms with Crippen LogP contribution >= 0.6 is 0 Å². The van der Waals surface area contributed by atoms with Crippen molar-refractivity contribution in [3.8, 4) is 6.07 Å². The summed E-state index contributed by atoms with van der Waals surface area (Å²) in [6.45, 7) is -0.474. The molecule has 8 nitrogen and oxygen atoms in total. The van der Waals surface area contributed by atoms with E-state index in [9.17, 15) is 18.8 Å². The Morgan fingerprint density at radius 3 is 2.22 bits per heavy atom. The third-order valence-corrected chi connectivity index (χ3v) is 5.46. The van der Waals surface area contributed by atoms with E-state index in [0.29, 0.717) is 16.8 Å². The molecule has 0 saturated heterocycles. The van der Waals surface area contributed by atoms with Crippen LogP contribution in [0.3, 0.4) is 0 Å². The van der Waals surface area contributed by atoms with Gasteiger partial charge in [0.15, 0.2) is 6.61 Å². The first-order valence-corrected chi connectivity index (χ1v) is 11.5. The molecular weight excluding hydrogens is 477 g/mol. The molecule has 37 heavy (non-hydrogen) atoms. The Labute approximate surface area is 214 Å². The van der Waals surface area contributed by atoms with Gasteiger partial charge in [0.2, 0.25) is 5.91 Å². The molecule has 0 saturated carbocycles. The van der Waals surface area contributed by atoms with Gasteiger partial charge in [-0.15, -0.1) is 0 Å². The quantitative estimate of drug-likeness (QED) is 0.414. The summed E-state index contributed by atoms with van der Waals surface area (Å²) in [5.41, 5.74) is 2.74. The molecule has 0 aliphatic carbocycles. The average molecular weight is 504 g/mol. The molecule has 3 aromatic carbocycles. The lowest BCUT2D eigenvalue weighted by molar-refractivity contribution is -0.147. The third kappa shape index (κ3) is 8.47. The topological polar surface area (TPSA) is 109 Å². The first-order valence-electron chi connectivity index (χ1n) is 11.5. The summed E-state index contributed by atoms with van der Waals surface area (Å²) in [4.78, 5) is 38.6. The van der Waals surface area contributed by atoms with Crippen LogP contribution in [0.5, 0.6) is 0 Å². The first-order chi connectivity index (χ1) is 17.9. The highest BCUT2D eigenvalue weighted by atomic mass is 19.1. The summed E-state index contributed by atoms with van der Waals surface area (Å²) in [5, 5.41) is 11.5. The number of carbonyl (C=O) groups excluding carboxylic acids is 3. The Bertz CT molecular complexity index is 1240. The molecule has 1 N–H and O–H groups in total. The zero-order valence-electron chi connectivity index (χ0n) is 20.2. The van der Waals surface area contributed by atoms with Crippen LogP contribution in [0.4, 0.5) is 14.9 Å². The predicted molar refractivity (Wildman–Crippen MR) is 134 cm³/mol. The van der Waals surface area contributed by atoms with Crippen LogP contribution in [-0.2, 0) is 38.5 Å². The van der Waals surface area contributed by atoms with E-state index in [1.165, 1.54) is 19.2 Å². The molecule has 0 aromatic heterocycles. The van der Waals surface area contributed by atoms with Crippen molar-refractivity contribution in [1.82, 2.24) is 4.90 Å². The Morgan fingerprint density at radius 1 is 0.919 bits per heavy atom. The number of esters is 1. The molecule has 2 amide bonds. The van der Waals surface area contributed by atoms with Gasteiger partial charge in [-0.3, -0.25) is 9.69 Å². The van der Waals surface area contributed by atoms with E-state index < -0.39 is 24.7 Å². The molecule has 0 unspecified atom stereocenters. The minimum absolute atomic E-state index is 0.0573. The van der Waals surface area contributed by atoms with E-state index in [1.807, 2.05) is 30.3 Å². The molecule has 0 aliphatic rings. The van der Waals surface area contributed by atoms with Crippen molar-refractivity contribution in [2.75, 3.05) is 19.0 Å². The summed E-state index contributed by atoms with van der Waals surface area (Å²) in [7, 11) is 1.43. The van der Waals surface area contributed by atoms with Crippen LogP contribution in [-0.4, -0.2) is 42.6 Å². The average Bonchev–Trinajstić information content (AvgIpc) is 2.91. The van der Waals surface area contributed by atoms with Gasteiger partial charge < -0.3 is 14.8 Å². The number of amides is 2. The van der Waals surface area contributed by atoms with Crippen molar-refractivity contribution in [3.63, 3.8) is 0 Å². The molecule has 1 atom stereocenters. The predicted octanol–water partition coefficient (Wildman–Crippen LogP) is 4.25. The number of hydrogen-bond acceptors (Lipinski definition) is 6. The smallest absolute Gasteiger partial charge is 0.410 e. The van der Waals surface area contributed by atoms with Crippen molar-refractivity contribution in [1.29, 1.82) is 5.26 Å². The lowest BCUT2D eigenvalue weighted by atomic mass is 10.1.